The van der Waals surface area contributed by atoms with Crippen molar-refractivity contribution in [3.8, 4) is 5.75 Å². The molecule has 7 heteroatoms. The number of piperidine rings is 1. The fourth-order valence-corrected chi connectivity index (χ4v) is 5.73. The maximum Gasteiger partial charge on any atom is 0.260 e. The van der Waals surface area contributed by atoms with Gasteiger partial charge >= 0.3 is 0 Å². The number of likely N-dealkylation sites (tertiary alicyclic amines) is 2. The Kier molecular flexibility index (Phi) is 6.10. The zero-order valence-corrected chi connectivity index (χ0v) is 18.6. The number of hydrogen-bond donors (Lipinski definition) is 0. The Morgan fingerprint density at radius 3 is 2.38 bits per heavy atom. The molecule has 174 valence electrons. The fourth-order valence-electron chi connectivity index (χ4n) is 5.73. The molecule has 32 heavy (non-hydrogen) atoms. The number of β-lactam (4-membered cyclic amide) rings is 1. The average molecular weight is 445 g/mol. The molecule has 0 aromatic heterocycles. The van der Waals surface area contributed by atoms with E-state index in [0.717, 1.165) is 45.1 Å². The summed E-state index contributed by atoms with van der Waals surface area (Å²) in [5.74, 6) is 0.904. The van der Waals surface area contributed by atoms with Gasteiger partial charge in [0.2, 0.25) is 0 Å². The molecule has 2 aliphatic heterocycles. The van der Waals surface area contributed by atoms with E-state index in [1.807, 2.05) is 4.90 Å². The first-order valence-corrected chi connectivity index (χ1v) is 12.2. The molecule has 0 radical (unpaired) electrons. The lowest BCUT2D eigenvalue weighted by Crippen LogP contribution is -2.78. The molecule has 4 fully saturated rings. The van der Waals surface area contributed by atoms with E-state index in [1.54, 1.807) is 0 Å². The zero-order valence-electron chi connectivity index (χ0n) is 18.6. The molecule has 2 saturated heterocycles. The number of nitrogens with zero attached hydrogens (tertiary/aromatic N) is 2. The number of benzene rings is 1. The predicted molar refractivity (Wildman–Crippen MR) is 117 cm³/mol. The van der Waals surface area contributed by atoms with Gasteiger partial charge in [-0.25, -0.2) is 4.39 Å². The van der Waals surface area contributed by atoms with Crippen molar-refractivity contribution >= 4 is 11.8 Å². The molecule has 1 spiro atoms. The number of carbonyl (C=O) groups excluding carboxylic acids is 2. The molecule has 2 heterocycles. The van der Waals surface area contributed by atoms with Crippen LogP contribution in [0.1, 0.15) is 57.8 Å². The van der Waals surface area contributed by atoms with Crippen LogP contribution in [-0.2, 0) is 14.3 Å². The second-order valence-electron chi connectivity index (χ2n) is 9.88. The van der Waals surface area contributed by atoms with E-state index < -0.39 is 0 Å². The van der Waals surface area contributed by atoms with Crippen LogP contribution in [0.15, 0.2) is 24.3 Å². The Bertz CT molecular complexity index is 827. The van der Waals surface area contributed by atoms with Gasteiger partial charge in [-0.15, -0.1) is 0 Å². The van der Waals surface area contributed by atoms with Crippen LogP contribution in [0, 0.1) is 11.7 Å². The maximum absolute atomic E-state index is 13.1. The lowest BCUT2D eigenvalue weighted by molar-refractivity contribution is -0.211. The van der Waals surface area contributed by atoms with Gasteiger partial charge in [-0.2, -0.15) is 0 Å². The Morgan fingerprint density at radius 2 is 1.72 bits per heavy atom. The average Bonchev–Trinajstić information content (AvgIpc) is 3.64. The Morgan fingerprint density at radius 1 is 1.03 bits per heavy atom. The van der Waals surface area contributed by atoms with Crippen LogP contribution in [0.3, 0.4) is 0 Å². The van der Waals surface area contributed by atoms with Gasteiger partial charge < -0.3 is 19.3 Å². The highest BCUT2D eigenvalue weighted by Crippen LogP contribution is 2.48. The third-order valence-corrected chi connectivity index (χ3v) is 7.70. The summed E-state index contributed by atoms with van der Waals surface area (Å²) in [6, 6.07) is 5.87. The monoisotopic (exact) mass is 444 g/mol. The zero-order chi connectivity index (χ0) is 22.1. The van der Waals surface area contributed by atoms with Crippen LogP contribution in [0.2, 0.25) is 0 Å². The van der Waals surface area contributed by atoms with Gasteiger partial charge in [0.1, 0.15) is 11.6 Å². The minimum Gasteiger partial charge on any atom is -0.484 e. The molecule has 1 atom stereocenters. The standard InChI is InChI=1S/C25H33FN2O4/c26-19-6-8-21(9-7-19)31-17-22(29)27-14-10-20(11-15-27)28-24(30)23(32-16-18-4-5-18)25(28)12-2-1-3-13-25/h6-9,18,20,23H,1-5,10-17H2. The third-order valence-electron chi connectivity index (χ3n) is 7.70. The molecule has 6 nitrogen and oxygen atoms in total. The van der Waals surface area contributed by atoms with Gasteiger partial charge in [-0.1, -0.05) is 19.3 Å². The van der Waals surface area contributed by atoms with Crippen molar-refractivity contribution in [1.82, 2.24) is 9.80 Å². The van der Waals surface area contributed by atoms with Gasteiger partial charge in [0.15, 0.2) is 12.7 Å². The molecule has 5 rings (SSSR count). The molecule has 2 aliphatic carbocycles. The molecular weight excluding hydrogens is 411 g/mol. The Balaban J connectivity index is 1.15. The number of ether oxygens (including phenoxy) is 2. The van der Waals surface area contributed by atoms with E-state index >= 15 is 0 Å². The highest BCUT2D eigenvalue weighted by atomic mass is 19.1. The van der Waals surface area contributed by atoms with Crippen molar-refractivity contribution in [2.75, 3.05) is 26.3 Å². The summed E-state index contributed by atoms with van der Waals surface area (Å²) in [5.41, 5.74) is -0.118. The van der Waals surface area contributed by atoms with Gasteiger partial charge in [0.05, 0.1) is 12.1 Å². The van der Waals surface area contributed by atoms with Gasteiger partial charge in [-0.05, 0) is 68.7 Å². The van der Waals surface area contributed by atoms with Crippen LogP contribution >= 0.6 is 0 Å². The van der Waals surface area contributed by atoms with Crippen LogP contribution in [0.25, 0.3) is 0 Å². The third kappa shape index (κ3) is 4.24. The summed E-state index contributed by atoms with van der Waals surface area (Å²) >= 11 is 0. The van der Waals surface area contributed by atoms with Gasteiger partial charge in [0.25, 0.3) is 11.8 Å². The Labute approximate surface area is 189 Å². The van der Waals surface area contributed by atoms with Crippen molar-refractivity contribution < 1.29 is 23.5 Å². The molecule has 2 saturated carbocycles. The van der Waals surface area contributed by atoms with E-state index in [2.05, 4.69) is 4.90 Å². The second-order valence-corrected chi connectivity index (χ2v) is 9.88. The van der Waals surface area contributed by atoms with Crippen molar-refractivity contribution in [3.05, 3.63) is 30.1 Å². The topological polar surface area (TPSA) is 59.1 Å². The molecule has 0 bridgehead atoms. The first-order chi connectivity index (χ1) is 15.6. The van der Waals surface area contributed by atoms with Crippen LogP contribution in [-0.4, -0.2) is 65.6 Å². The van der Waals surface area contributed by atoms with Crippen molar-refractivity contribution in [1.29, 1.82) is 0 Å². The minimum absolute atomic E-state index is 0.0556. The SMILES string of the molecule is O=C(COc1ccc(F)cc1)N1CCC(N2C(=O)C(OCC3CC3)C23CCCCC3)CC1. The molecule has 2 amide bonds. The number of carbonyl (C=O) groups is 2. The Hall–Kier alpha value is -2.15. The van der Waals surface area contributed by atoms with E-state index in [-0.39, 0.29) is 41.9 Å². The van der Waals surface area contributed by atoms with Crippen molar-refractivity contribution in [3.63, 3.8) is 0 Å². The molecule has 0 N–H and O–H groups in total. The summed E-state index contributed by atoms with van der Waals surface area (Å²) in [4.78, 5) is 29.7. The minimum atomic E-state index is -0.331. The fraction of sp³-hybridized carbons (Fsp3) is 0.680. The number of amides is 2. The largest absolute Gasteiger partial charge is 0.484 e. The molecular formula is C25H33FN2O4. The van der Waals surface area contributed by atoms with Gasteiger partial charge in [-0.3, -0.25) is 9.59 Å². The van der Waals surface area contributed by atoms with E-state index in [0.29, 0.717) is 24.8 Å². The summed E-state index contributed by atoms with van der Waals surface area (Å²) < 4.78 is 24.7. The molecule has 1 aromatic rings. The predicted octanol–water partition coefficient (Wildman–Crippen LogP) is 3.54. The molecule has 4 aliphatic rings. The summed E-state index contributed by atoms with van der Waals surface area (Å²) in [7, 11) is 0. The van der Waals surface area contributed by atoms with Gasteiger partial charge in [0, 0.05) is 19.1 Å². The quantitative estimate of drug-likeness (QED) is 0.604. The summed E-state index contributed by atoms with van der Waals surface area (Å²) in [6.07, 6.45) is 9.43. The summed E-state index contributed by atoms with van der Waals surface area (Å²) in [5, 5.41) is 0. The van der Waals surface area contributed by atoms with Crippen LogP contribution in [0.4, 0.5) is 4.39 Å². The van der Waals surface area contributed by atoms with Crippen LogP contribution in [0.5, 0.6) is 5.75 Å². The highest BCUT2D eigenvalue weighted by Gasteiger charge is 2.62. The number of halogens is 1. The summed E-state index contributed by atoms with van der Waals surface area (Å²) in [6.45, 7) is 1.93. The smallest absolute Gasteiger partial charge is 0.260 e. The lowest BCUT2D eigenvalue weighted by Gasteiger charge is -2.62. The van der Waals surface area contributed by atoms with Crippen LogP contribution < -0.4 is 4.74 Å². The lowest BCUT2D eigenvalue weighted by atomic mass is 9.68. The molecule has 1 unspecified atom stereocenters. The first-order valence-electron chi connectivity index (χ1n) is 12.2. The molecule has 1 aromatic carbocycles. The second kappa shape index (κ2) is 9.00. The normalized spacial score (nSPS) is 25.7. The van der Waals surface area contributed by atoms with E-state index in [1.165, 1.54) is 43.5 Å². The van der Waals surface area contributed by atoms with Crippen molar-refractivity contribution in [2.24, 2.45) is 5.92 Å². The number of rotatable bonds is 7. The first kappa shape index (κ1) is 21.7. The van der Waals surface area contributed by atoms with E-state index in [4.69, 9.17) is 9.47 Å². The highest BCUT2D eigenvalue weighted by molar-refractivity contribution is 5.91. The number of hydrogen-bond acceptors (Lipinski definition) is 4. The van der Waals surface area contributed by atoms with E-state index in [9.17, 15) is 14.0 Å². The van der Waals surface area contributed by atoms with Crippen molar-refractivity contribution in [2.45, 2.75) is 75.5 Å². The maximum atomic E-state index is 13.1.